The standard InChI is InChI=1S/C22H19N7S.H3N/c1-14-11-12-23-21-19(14)24-22(30-2)29(21)13-15-7-9-16(10-8-15)17-5-3-4-6-18(17)20-25-27-28-26-20;/h3-12H,13H2,1-2H3,(H,25,26,27,28);1H3. The third-order valence-corrected chi connectivity index (χ3v) is 5.79. The van der Waals surface area contributed by atoms with E-state index in [9.17, 15) is 0 Å². The quantitative estimate of drug-likeness (QED) is 0.393. The minimum Gasteiger partial charge on any atom is -0.344 e. The van der Waals surface area contributed by atoms with Gasteiger partial charge in [0.1, 0.15) is 5.52 Å². The highest BCUT2D eigenvalue weighted by Gasteiger charge is 2.14. The fourth-order valence-corrected chi connectivity index (χ4v) is 4.16. The first-order valence-electron chi connectivity index (χ1n) is 9.53. The summed E-state index contributed by atoms with van der Waals surface area (Å²) >= 11 is 1.64. The first kappa shape index (κ1) is 20.7. The summed E-state index contributed by atoms with van der Waals surface area (Å²) in [5.41, 5.74) is 7.39. The lowest BCUT2D eigenvalue weighted by Crippen LogP contribution is -2.02. The topological polar surface area (TPSA) is 120 Å². The number of aryl methyl sites for hydroxylation is 1. The molecule has 0 unspecified atom stereocenters. The van der Waals surface area contributed by atoms with Gasteiger partial charge in [-0.3, -0.25) is 4.57 Å². The van der Waals surface area contributed by atoms with Gasteiger partial charge in [-0.1, -0.05) is 60.3 Å². The molecule has 0 saturated heterocycles. The number of H-pyrrole nitrogens is 1. The number of hydrogen-bond acceptors (Lipinski definition) is 7. The number of imidazole rings is 1. The summed E-state index contributed by atoms with van der Waals surface area (Å²) in [7, 11) is 0. The zero-order valence-electron chi connectivity index (χ0n) is 17.3. The van der Waals surface area contributed by atoms with Crippen molar-refractivity contribution in [3.8, 4) is 22.5 Å². The highest BCUT2D eigenvalue weighted by Crippen LogP contribution is 2.30. The summed E-state index contributed by atoms with van der Waals surface area (Å²) in [6.07, 6.45) is 3.89. The smallest absolute Gasteiger partial charge is 0.180 e. The van der Waals surface area contributed by atoms with Gasteiger partial charge in [0.05, 0.1) is 6.54 Å². The zero-order chi connectivity index (χ0) is 20.5. The van der Waals surface area contributed by atoms with Crippen LogP contribution in [0.5, 0.6) is 0 Å². The van der Waals surface area contributed by atoms with Gasteiger partial charge >= 0.3 is 0 Å². The van der Waals surface area contributed by atoms with Gasteiger partial charge in [0, 0.05) is 11.8 Å². The van der Waals surface area contributed by atoms with Gasteiger partial charge in [0.2, 0.25) is 0 Å². The molecule has 5 aromatic rings. The summed E-state index contributed by atoms with van der Waals surface area (Å²) in [5, 5.41) is 15.3. The van der Waals surface area contributed by atoms with E-state index < -0.39 is 0 Å². The SMILES string of the molecule is CSc1nc2c(C)ccnc2n1Cc1ccc(-c2ccccc2-c2nnn[nH]2)cc1.N. The average molecular weight is 431 g/mol. The van der Waals surface area contributed by atoms with Crippen molar-refractivity contribution >= 4 is 22.9 Å². The molecule has 8 nitrogen and oxygen atoms in total. The first-order valence-corrected chi connectivity index (χ1v) is 10.8. The maximum absolute atomic E-state index is 4.77. The van der Waals surface area contributed by atoms with E-state index in [-0.39, 0.29) is 6.15 Å². The second-order valence-corrected chi connectivity index (χ2v) is 7.75. The van der Waals surface area contributed by atoms with Crippen LogP contribution in [0.4, 0.5) is 0 Å². The van der Waals surface area contributed by atoms with E-state index in [0.717, 1.165) is 45.1 Å². The normalized spacial score (nSPS) is 10.9. The molecule has 0 atom stereocenters. The summed E-state index contributed by atoms with van der Waals surface area (Å²) in [5.74, 6) is 0.658. The number of hydrogen-bond donors (Lipinski definition) is 2. The molecule has 0 aliphatic carbocycles. The van der Waals surface area contributed by atoms with Gasteiger partial charge in [-0.05, 0) is 51.9 Å². The molecule has 2 aromatic carbocycles. The van der Waals surface area contributed by atoms with Crippen molar-refractivity contribution in [2.24, 2.45) is 0 Å². The molecule has 156 valence electrons. The molecular weight excluding hydrogens is 408 g/mol. The number of pyridine rings is 1. The first-order chi connectivity index (χ1) is 14.7. The fraction of sp³-hybridized carbons (Fsp3) is 0.136. The van der Waals surface area contributed by atoms with Crippen LogP contribution < -0.4 is 6.15 Å². The van der Waals surface area contributed by atoms with Gasteiger partial charge in [0.15, 0.2) is 16.6 Å². The predicted octanol–water partition coefficient (Wildman–Crippen LogP) is 4.52. The molecule has 0 saturated carbocycles. The van der Waals surface area contributed by atoms with Crippen molar-refractivity contribution < 1.29 is 0 Å². The number of aromatic nitrogens is 7. The summed E-state index contributed by atoms with van der Waals surface area (Å²) < 4.78 is 2.18. The number of thioether (sulfide) groups is 1. The lowest BCUT2D eigenvalue weighted by atomic mass is 9.98. The molecule has 5 rings (SSSR count). The van der Waals surface area contributed by atoms with Gasteiger partial charge in [0.25, 0.3) is 0 Å². The van der Waals surface area contributed by atoms with Crippen LogP contribution in [0.2, 0.25) is 0 Å². The van der Waals surface area contributed by atoms with Crippen LogP contribution in [0, 0.1) is 6.92 Å². The summed E-state index contributed by atoms with van der Waals surface area (Å²) in [6, 6.07) is 18.7. The van der Waals surface area contributed by atoms with Crippen LogP contribution in [0.3, 0.4) is 0 Å². The number of fused-ring (bicyclic) bond motifs is 1. The fourth-order valence-electron chi connectivity index (χ4n) is 3.60. The molecule has 0 radical (unpaired) electrons. The number of rotatable bonds is 5. The van der Waals surface area contributed by atoms with Gasteiger partial charge in [-0.2, -0.15) is 0 Å². The molecule has 0 aliphatic rings. The Kier molecular flexibility index (Phi) is 5.79. The number of nitrogens with zero attached hydrogens (tertiary/aromatic N) is 6. The largest absolute Gasteiger partial charge is 0.344 e. The van der Waals surface area contributed by atoms with E-state index >= 15 is 0 Å². The Labute approximate surface area is 183 Å². The number of nitrogens with one attached hydrogen (secondary N) is 1. The van der Waals surface area contributed by atoms with Crippen molar-refractivity contribution in [3.63, 3.8) is 0 Å². The van der Waals surface area contributed by atoms with Gasteiger partial charge < -0.3 is 6.15 Å². The molecule has 0 bridgehead atoms. The van der Waals surface area contributed by atoms with E-state index in [2.05, 4.69) is 67.4 Å². The Morgan fingerprint density at radius 2 is 1.77 bits per heavy atom. The van der Waals surface area contributed by atoms with Crippen LogP contribution in [0.15, 0.2) is 66.0 Å². The highest BCUT2D eigenvalue weighted by atomic mass is 32.2. The van der Waals surface area contributed by atoms with E-state index in [1.54, 1.807) is 11.8 Å². The molecule has 4 N–H and O–H groups in total. The molecule has 0 spiro atoms. The molecule has 9 heteroatoms. The Bertz CT molecular complexity index is 1310. The van der Waals surface area contributed by atoms with Crippen LogP contribution in [-0.4, -0.2) is 41.4 Å². The maximum Gasteiger partial charge on any atom is 0.180 e. The average Bonchev–Trinajstić information content (AvgIpc) is 3.44. The number of tetrazole rings is 1. The summed E-state index contributed by atoms with van der Waals surface area (Å²) in [4.78, 5) is 9.35. The monoisotopic (exact) mass is 430 g/mol. The molecule has 0 amide bonds. The molecular formula is C22H22N8S. The molecule has 0 fully saturated rings. The molecule has 31 heavy (non-hydrogen) atoms. The zero-order valence-corrected chi connectivity index (χ0v) is 18.1. The lowest BCUT2D eigenvalue weighted by molar-refractivity contribution is 0.725. The van der Waals surface area contributed by atoms with E-state index in [4.69, 9.17) is 4.98 Å². The Morgan fingerprint density at radius 3 is 2.48 bits per heavy atom. The minimum atomic E-state index is 0. The maximum atomic E-state index is 4.77. The summed E-state index contributed by atoms with van der Waals surface area (Å²) in [6.45, 7) is 2.79. The van der Waals surface area contributed by atoms with E-state index in [1.165, 1.54) is 5.56 Å². The second-order valence-electron chi connectivity index (χ2n) is 6.98. The lowest BCUT2D eigenvalue weighted by Gasteiger charge is -2.10. The van der Waals surface area contributed by atoms with E-state index in [1.807, 2.05) is 36.7 Å². The van der Waals surface area contributed by atoms with Crippen molar-refractivity contribution in [2.45, 2.75) is 18.6 Å². The Morgan fingerprint density at radius 1 is 1.00 bits per heavy atom. The third-order valence-electron chi connectivity index (χ3n) is 5.12. The van der Waals surface area contributed by atoms with E-state index in [0.29, 0.717) is 5.82 Å². The van der Waals surface area contributed by atoms with Crippen molar-refractivity contribution in [1.29, 1.82) is 0 Å². The van der Waals surface area contributed by atoms with Crippen LogP contribution in [0.1, 0.15) is 11.1 Å². The van der Waals surface area contributed by atoms with Crippen molar-refractivity contribution in [3.05, 3.63) is 71.9 Å². The minimum absolute atomic E-state index is 0. The third kappa shape index (κ3) is 3.80. The predicted molar refractivity (Wildman–Crippen MR) is 123 cm³/mol. The van der Waals surface area contributed by atoms with Crippen molar-refractivity contribution in [2.75, 3.05) is 6.26 Å². The van der Waals surface area contributed by atoms with Crippen LogP contribution in [0.25, 0.3) is 33.7 Å². The van der Waals surface area contributed by atoms with Gasteiger partial charge in [-0.25, -0.2) is 15.1 Å². The molecule has 3 aromatic heterocycles. The number of benzene rings is 2. The second kappa shape index (κ2) is 8.66. The van der Waals surface area contributed by atoms with Crippen LogP contribution >= 0.6 is 11.8 Å². The molecule has 3 heterocycles. The number of aromatic amines is 1. The van der Waals surface area contributed by atoms with Crippen molar-refractivity contribution in [1.82, 2.24) is 41.3 Å². The van der Waals surface area contributed by atoms with Crippen LogP contribution in [-0.2, 0) is 6.54 Å². The Hall–Kier alpha value is -3.56. The highest BCUT2D eigenvalue weighted by molar-refractivity contribution is 7.98. The Balaban J connectivity index is 0.00000231. The van der Waals surface area contributed by atoms with Gasteiger partial charge in [-0.15, -0.1) is 5.10 Å². The molecule has 0 aliphatic heterocycles.